The number of allylic oxidation sites excluding steroid dienone is 1. The van der Waals surface area contributed by atoms with Gasteiger partial charge in [-0.1, -0.05) is 40.1 Å². The Morgan fingerprint density at radius 3 is 2.83 bits per heavy atom. The number of rotatable bonds is 4. The average Bonchev–Trinajstić information content (AvgIpc) is 2.89. The molecule has 0 aliphatic heterocycles. The van der Waals surface area contributed by atoms with Gasteiger partial charge in [0.1, 0.15) is 0 Å². The number of imidazole rings is 1. The number of nitrogens with two attached hydrogens (primary N) is 1. The molecule has 2 heterocycles. The maximum Gasteiger partial charge on any atom is 0.283 e. The largest absolute Gasteiger partial charge is 0.369 e. The quantitative estimate of drug-likeness (QED) is 0.707. The monoisotopic (exact) mass is 349 g/mol. The van der Waals surface area contributed by atoms with Crippen molar-refractivity contribution in [1.82, 2.24) is 19.5 Å². The van der Waals surface area contributed by atoms with Gasteiger partial charge in [0, 0.05) is 5.57 Å². The highest BCUT2D eigenvalue weighted by molar-refractivity contribution is 7.19. The van der Waals surface area contributed by atoms with Crippen LogP contribution in [0, 0.1) is 0 Å². The van der Waals surface area contributed by atoms with Crippen LogP contribution in [0.3, 0.4) is 0 Å². The topological polar surface area (TPSA) is 89.6 Å². The van der Waals surface area contributed by atoms with Gasteiger partial charge >= 0.3 is 0 Å². The molecule has 1 aromatic carbocycles. The van der Waals surface area contributed by atoms with Crippen molar-refractivity contribution in [2.24, 2.45) is 0 Å². The Balaban J connectivity index is 2.08. The van der Waals surface area contributed by atoms with E-state index in [9.17, 15) is 13.6 Å². The number of benzene rings is 1. The highest BCUT2D eigenvalue weighted by atomic mass is 31.0. The van der Waals surface area contributed by atoms with Gasteiger partial charge in [-0.15, -0.1) is 0 Å². The average molecular weight is 349 g/mol. The van der Waals surface area contributed by atoms with Gasteiger partial charge < -0.3 is 10.3 Å². The Kier molecular flexibility index (Phi) is 3.93. The zero-order valence-electron chi connectivity index (χ0n) is 12.5. The Hall–Kier alpha value is -2.60. The van der Waals surface area contributed by atoms with Crippen molar-refractivity contribution < 1.29 is 8.78 Å². The van der Waals surface area contributed by atoms with Gasteiger partial charge in [0.15, 0.2) is 11.2 Å². The maximum absolute atomic E-state index is 13.6. The first-order valence-corrected chi connectivity index (χ1v) is 7.50. The smallest absolute Gasteiger partial charge is 0.283 e. The molecule has 3 aromatic rings. The molecule has 0 aliphatic rings. The van der Waals surface area contributed by atoms with Crippen LogP contribution in [0.1, 0.15) is 11.1 Å². The molecule has 3 N–H and O–H groups in total. The van der Waals surface area contributed by atoms with Gasteiger partial charge in [0.25, 0.3) is 11.2 Å². The van der Waals surface area contributed by atoms with Crippen molar-refractivity contribution in [3.05, 3.63) is 58.7 Å². The van der Waals surface area contributed by atoms with Gasteiger partial charge in [-0.3, -0.25) is 9.78 Å². The van der Waals surface area contributed by atoms with Crippen molar-refractivity contribution in [2.75, 3.05) is 5.73 Å². The Bertz CT molecular complexity index is 989. The van der Waals surface area contributed by atoms with Crippen LogP contribution in [-0.2, 0) is 6.54 Å². The lowest BCUT2D eigenvalue weighted by Crippen LogP contribution is -2.13. The number of anilines is 1. The number of H-pyrrole nitrogens is 1. The van der Waals surface area contributed by atoms with E-state index >= 15 is 0 Å². The second kappa shape index (κ2) is 5.79. The molecule has 0 saturated carbocycles. The van der Waals surface area contributed by atoms with E-state index < -0.39 is 11.2 Å². The number of nitrogen functional groups attached to an aromatic ring is 1. The normalized spacial score (nSPS) is 11.8. The van der Waals surface area contributed by atoms with Crippen molar-refractivity contribution in [3.8, 4) is 0 Å². The number of nitrogens with one attached hydrogen (secondary N) is 1. The number of halogens is 2. The third kappa shape index (κ3) is 2.92. The van der Waals surface area contributed by atoms with E-state index in [0.29, 0.717) is 11.1 Å². The molecule has 9 heteroatoms. The molecule has 0 aliphatic carbocycles. The molecule has 0 spiro atoms. The highest BCUT2D eigenvalue weighted by Gasteiger charge is 2.28. The Morgan fingerprint density at radius 2 is 2.12 bits per heavy atom. The summed E-state index contributed by atoms with van der Waals surface area (Å²) in [5.41, 5.74) is 3.03. The van der Waals surface area contributed by atoms with Crippen molar-refractivity contribution in [3.63, 3.8) is 0 Å². The fourth-order valence-corrected chi connectivity index (χ4v) is 2.56. The number of hydrogen-bond acceptors (Lipinski definition) is 4. The van der Waals surface area contributed by atoms with Gasteiger partial charge in [-0.05, 0) is 11.1 Å². The Labute approximate surface area is 137 Å². The molecule has 3 rings (SSSR count). The summed E-state index contributed by atoms with van der Waals surface area (Å²) in [6, 6.07) is 6.68. The summed E-state index contributed by atoms with van der Waals surface area (Å²) < 4.78 is 28.8. The molecule has 124 valence electrons. The van der Waals surface area contributed by atoms with Crippen molar-refractivity contribution in [1.29, 1.82) is 0 Å². The third-order valence-corrected chi connectivity index (χ3v) is 3.93. The van der Waals surface area contributed by atoms with E-state index in [-0.39, 0.29) is 29.2 Å². The summed E-state index contributed by atoms with van der Waals surface area (Å²) in [5, 5.41) is 0. The summed E-state index contributed by atoms with van der Waals surface area (Å²) in [4.78, 5) is 22.2. The summed E-state index contributed by atoms with van der Waals surface area (Å²) in [6.07, 6.45) is 1.42. The summed E-state index contributed by atoms with van der Waals surface area (Å²) in [7, 11) is 1.48. The minimum Gasteiger partial charge on any atom is -0.369 e. The highest BCUT2D eigenvalue weighted by Crippen LogP contribution is 2.38. The minimum atomic E-state index is -3.12. The lowest BCUT2D eigenvalue weighted by molar-refractivity contribution is 0.173. The summed E-state index contributed by atoms with van der Waals surface area (Å²) in [6.45, 7) is 3.69. The van der Waals surface area contributed by atoms with Crippen LogP contribution in [-0.4, -0.2) is 25.2 Å². The third-order valence-electron chi connectivity index (χ3n) is 3.58. The van der Waals surface area contributed by atoms with Gasteiger partial charge in [-0.25, -0.2) is 4.98 Å². The van der Waals surface area contributed by atoms with E-state index in [4.69, 9.17) is 5.73 Å². The molecule has 0 amide bonds. The number of nitrogens with zero attached hydrogens (tertiary/aromatic N) is 3. The van der Waals surface area contributed by atoms with Crippen LogP contribution in [0.5, 0.6) is 0 Å². The van der Waals surface area contributed by atoms with Crippen LogP contribution in [0.2, 0.25) is 0 Å². The van der Waals surface area contributed by atoms with Crippen LogP contribution >= 0.6 is 9.24 Å². The first kappa shape index (κ1) is 16.3. The second-order valence-electron chi connectivity index (χ2n) is 5.25. The van der Waals surface area contributed by atoms with E-state index in [1.165, 1.54) is 15.6 Å². The molecule has 0 bridgehead atoms. The number of alkyl halides is 2. The molecule has 1 atom stereocenters. The van der Waals surface area contributed by atoms with Crippen LogP contribution in [0.25, 0.3) is 16.7 Å². The standard InChI is InChI=1S/C15H14F2N5OP/c1-8(15(16,17)24)10-5-3-2-4-9(10)6-22-7-19-11-12(22)20-14(18)21-13(11)23/h2-5,7H,1,6,24H2,(H3,18,20,21,23). The number of aromatic amines is 1. The lowest BCUT2D eigenvalue weighted by Gasteiger charge is -2.17. The maximum atomic E-state index is 13.6. The molecular formula is C15H14F2N5OP. The number of aromatic nitrogens is 4. The molecule has 1 unspecified atom stereocenters. The number of hydrogen-bond donors (Lipinski definition) is 2. The first-order chi connectivity index (χ1) is 11.3. The second-order valence-corrected chi connectivity index (χ2v) is 5.98. The minimum absolute atomic E-state index is 0.0385. The van der Waals surface area contributed by atoms with Crippen molar-refractivity contribution >= 4 is 31.9 Å². The van der Waals surface area contributed by atoms with E-state index in [0.717, 1.165) is 0 Å². The lowest BCUT2D eigenvalue weighted by atomic mass is 10.0. The fraction of sp³-hybridized carbons (Fsp3) is 0.133. The molecule has 0 fully saturated rings. The molecule has 24 heavy (non-hydrogen) atoms. The van der Waals surface area contributed by atoms with E-state index in [1.54, 1.807) is 28.8 Å². The molecule has 0 saturated heterocycles. The van der Waals surface area contributed by atoms with Crippen molar-refractivity contribution in [2.45, 2.75) is 12.2 Å². The van der Waals surface area contributed by atoms with E-state index in [2.05, 4.69) is 21.5 Å². The summed E-state index contributed by atoms with van der Waals surface area (Å²) in [5.74, 6) is -0.0385. The SMILES string of the molecule is C=C(c1ccccc1Cn1cnc2c(=O)[nH]c(N)nc21)C(F)(F)P. The molecule has 6 nitrogen and oxygen atoms in total. The number of fused-ring (bicyclic) bond motifs is 1. The predicted octanol–water partition coefficient (Wildman–Crippen LogP) is 2.23. The zero-order valence-corrected chi connectivity index (χ0v) is 13.6. The van der Waals surface area contributed by atoms with Gasteiger partial charge in [0.05, 0.1) is 12.9 Å². The Morgan fingerprint density at radius 1 is 1.42 bits per heavy atom. The van der Waals surface area contributed by atoms with Gasteiger partial charge in [-0.2, -0.15) is 13.8 Å². The molecule has 0 radical (unpaired) electrons. The van der Waals surface area contributed by atoms with Crippen LogP contribution in [0.15, 0.2) is 42.0 Å². The van der Waals surface area contributed by atoms with Gasteiger partial charge in [0.2, 0.25) is 5.95 Å². The molecule has 2 aromatic heterocycles. The predicted molar refractivity (Wildman–Crippen MR) is 91.8 cm³/mol. The first-order valence-electron chi connectivity index (χ1n) is 6.92. The zero-order chi connectivity index (χ0) is 17.5. The summed E-state index contributed by atoms with van der Waals surface area (Å²) >= 11 is 0. The van der Waals surface area contributed by atoms with E-state index in [1.807, 2.05) is 0 Å². The van der Waals surface area contributed by atoms with Crippen LogP contribution in [0.4, 0.5) is 14.7 Å². The molecular weight excluding hydrogens is 335 g/mol. The fourth-order valence-electron chi connectivity index (χ4n) is 2.40. The van der Waals surface area contributed by atoms with Crippen LogP contribution < -0.4 is 11.3 Å².